The van der Waals surface area contributed by atoms with Gasteiger partial charge in [-0.25, -0.2) is 0 Å². The number of rotatable bonds is 0. The van der Waals surface area contributed by atoms with Crippen molar-refractivity contribution in [1.82, 2.24) is 0 Å². The average molecular weight is 149 g/mol. The zero-order valence-electron chi connectivity index (χ0n) is 4.00. The standard InChI is InChI=1S/C2H3N.ClHO4.Li.H/c1-2-3;2-1(3,4)5;;/h1H3;(H,2,3,4,5);;. The molecule has 5 nitrogen and oxygen atoms in total. The number of hydrogen-bond acceptors (Lipinski definition) is 5. The molecule has 0 radical (unpaired) electrons. The zero-order valence-corrected chi connectivity index (χ0v) is 4.75. The molecule has 0 aromatic heterocycles. The maximum atomic E-state index is 8.60. The Kier molecular flexibility index (Phi) is 14.7. The van der Waals surface area contributed by atoms with Crippen LogP contribution in [0.5, 0.6) is 0 Å². The van der Waals surface area contributed by atoms with Crippen molar-refractivity contribution >= 4 is 18.9 Å². The van der Waals surface area contributed by atoms with Crippen LogP contribution in [0.3, 0.4) is 0 Å². The monoisotopic (exact) mass is 149 g/mol. The largest absolute Gasteiger partial charge is 0.183 e. The van der Waals surface area contributed by atoms with Gasteiger partial charge in [-0.3, -0.25) is 0 Å². The molecule has 0 saturated carbocycles. The predicted octanol–water partition coefficient (Wildman–Crippen LogP) is -4.24. The van der Waals surface area contributed by atoms with Crippen molar-refractivity contribution in [1.29, 1.82) is 5.26 Å². The molecule has 0 saturated heterocycles. The molecular weight excluding hydrogens is 144 g/mol. The first-order chi connectivity index (χ1) is 3.41. The van der Waals surface area contributed by atoms with E-state index in [2.05, 4.69) is 0 Å². The molecule has 1 N–H and O–H groups in total. The molecule has 0 spiro atoms. The summed E-state index contributed by atoms with van der Waals surface area (Å²) in [5, 5.41) is 7.32. The van der Waals surface area contributed by atoms with Gasteiger partial charge in [0, 0.05) is 6.92 Å². The summed E-state index contributed by atoms with van der Waals surface area (Å²) in [6.45, 7) is 1.43. The molecule has 0 aliphatic rings. The van der Waals surface area contributed by atoms with E-state index in [1.807, 2.05) is 0 Å². The number of nitriles is 1. The maximum absolute atomic E-state index is 8.60. The molecule has 0 aromatic rings. The fourth-order valence-corrected chi connectivity index (χ4v) is 0. The van der Waals surface area contributed by atoms with E-state index in [-0.39, 0.29) is 18.9 Å². The predicted molar refractivity (Wildman–Crippen MR) is 20.7 cm³/mol. The van der Waals surface area contributed by atoms with Gasteiger partial charge in [-0.05, 0) is 0 Å². The fraction of sp³-hybridized carbons (Fsp3) is 0.500. The van der Waals surface area contributed by atoms with E-state index in [0.717, 1.165) is 0 Å². The van der Waals surface area contributed by atoms with Gasteiger partial charge >= 0.3 is 18.9 Å². The molecule has 0 heterocycles. The summed E-state index contributed by atoms with van der Waals surface area (Å²) in [5.41, 5.74) is 0. The molecule has 9 heavy (non-hydrogen) atoms. The Bertz CT molecular complexity index is 79.5. The van der Waals surface area contributed by atoms with Crippen molar-refractivity contribution in [3.05, 3.63) is 0 Å². The summed E-state index contributed by atoms with van der Waals surface area (Å²) in [4.78, 5) is 0. The minimum absolute atomic E-state index is 0. The summed E-state index contributed by atoms with van der Waals surface area (Å²) in [7, 11) is -4.69. The van der Waals surface area contributed by atoms with Crippen molar-refractivity contribution < 1.29 is 28.9 Å². The zero-order chi connectivity index (χ0) is 7.21. The van der Waals surface area contributed by atoms with E-state index in [1.165, 1.54) is 6.92 Å². The van der Waals surface area contributed by atoms with Crippen molar-refractivity contribution in [2.75, 3.05) is 0 Å². The van der Waals surface area contributed by atoms with E-state index in [4.69, 9.17) is 23.9 Å². The third-order valence-electron chi connectivity index (χ3n) is 0. The topological polar surface area (TPSA) is 113 Å². The van der Waals surface area contributed by atoms with Crippen LogP contribution < -0.4 is 14.0 Å². The summed E-state index contributed by atoms with van der Waals surface area (Å²) in [5.74, 6) is 0. The first kappa shape index (κ1) is 16.1. The van der Waals surface area contributed by atoms with Gasteiger partial charge in [-0.2, -0.15) is 19.2 Å². The van der Waals surface area contributed by atoms with E-state index in [9.17, 15) is 0 Å². The van der Waals surface area contributed by atoms with E-state index in [1.54, 1.807) is 6.07 Å². The van der Waals surface area contributed by atoms with Crippen LogP contribution in [0.1, 0.15) is 6.92 Å². The second-order valence-electron chi connectivity index (χ2n) is 0.620. The third kappa shape index (κ3) is 6720. The van der Waals surface area contributed by atoms with Gasteiger partial charge in [0.25, 0.3) is 0 Å². The second-order valence-corrected chi connectivity index (χ2v) is 1.41. The first-order valence-electron chi connectivity index (χ1n) is 1.36. The molecular formula is C2H5ClLiNO4. The number of halogens is 1. The number of hydrogen-bond donors (Lipinski definition) is 1. The van der Waals surface area contributed by atoms with Gasteiger partial charge in [0.05, 0.1) is 21.0 Å². The van der Waals surface area contributed by atoms with Crippen molar-refractivity contribution in [3.8, 4) is 6.07 Å². The summed E-state index contributed by atoms with van der Waals surface area (Å²) in [6.07, 6.45) is 0. The Morgan fingerprint density at radius 1 is 1.44 bits per heavy atom. The molecule has 0 aliphatic heterocycles. The Labute approximate surface area is 66.4 Å². The third-order valence-corrected chi connectivity index (χ3v) is 0. The molecule has 0 atom stereocenters. The van der Waals surface area contributed by atoms with Crippen LogP contribution in [-0.4, -0.2) is 23.5 Å². The molecule has 7 heteroatoms. The molecule has 0 unspecified atom stereocenters. The Balaban J connectivity index is -0.0000000800. The van der Waals surface area contributed by atoms with Crippen LogP contribution in [0.25, 0.3) is 0 Å². The van der Waals surface area contributed by atoms with E-state index < -0.39 is 10.2 Å². The molecule has 0 rings (SSSR count). The minimum atomic E-state index is -4.69. The van der Waals surface area contributed by atoms with Crippen LogP contribution in [-0.2, 0) is 0 Å². The van der Waals surface area contributed by atoms with E-state index >= 15 is 0 Å². The SMILES string of the molecule is CC#N.[LiH].[O-][Cl+3]([O-])([O-])O. The van der Waals surface area contributed by atoms with Gasteiger partial charge < -0.3 is 0 Å². The Morgan fingerprint density at radius 2 is 1.44 bits per heavy atom. The minimum Gasteiger partial charge on any atom is -0.183 e. The van der Waals surface area contributed by atoms with Crippen molar-refractivity contribution in [3.63, 3.8) is 0 Å². The second kappa shape index (κ2) is 8.22. The number of nitrogens with zero attached hydrogens (tertiary/aromatic N) is 1. The normalized spacial score (nSPS) is 7.56. The smallest absolute Gasteiger partial charge is 0.0777 e. The summed E-state index contributed by atoms with van der Waals surface area (Å²) < 4.78 is 32.7. The van der Waals surface area contributed by atoms with Crippen LogP contribution in [0, 0.1) is 21.6 Å². The van der Waals surface area contributed by atoms with E-state index in [0.29, 0.717) is 0 Å². The van der Waals surface area contributed by atoms with Crippen LogP contribution in [0.4, 0.5) is 0 Å². The molecule has 0 bridgehead atoms. The summed E-state index contributed by atoms with van der Waals surface area (Å²) >= 11 is 0. The van der Waals surface area contributed by atoms with Crippen molar-refractivity contribution in [2.24, 2.45) is 0 Å². The van der Waals surface area contributed by atoms with Crippen LogP contribution in [0.2, 0.25) is 0 Å². The van der Waals surface area contributed by atoms with Crippen LogP contribution >= 0.6 is 0 Å². The van der Waals surface area contributed by atoms with Gasteiger partial charge in [0.2, 0.25) is 0 Å². The Hall–Kier alpha value is 0.217. The first-order valence-corrected chi connectivity index (χ1v) is 2.62. The summed E-state index contributed by atoms with van der Waals surface area (Å²) in [6, 6.07) is 1.75. The fourth-order valence-electron chi connectivity index (χ4n) is 0. The van der Waals surface area contributed by atoms with Gasteiger partial charge in [-0.15, -0.1) is 0 Å². The average Bonchev–Trinajstić information content (AvgIpc) is 1.27. The van der Waals surface area contributed by atoms with Gasteiger partial charge in [0.15, 0.2) is 0 Å². The van der Waals surface area contributed by atoms with Gasteiger partial charge in [0.1, 0.15) is 0 Å². The molecule has 0 aromatic carbocycles. The molecule has 0 aliphatic carbocycles. The quantitative estimate of drug-likeness (QED) is 0.351. The Morgan fingerprint density at radius 3 is 1.44 bits per heavy atom. The van der Waals surface area contributed by atoms with Gasteiger partial charge in [-0.1, -0.05) is 0 Å². The molecule has 0 fully saturated rings. The van der Waals surface area contributed by atoms with Crippen LogP contribution in [0.15, 0.2) is 0 Å². The molecule has 0 amide bonds. The maximum Gasteiger partial charge on any atom is 0.0777 e. The molecule has 50 valence electrons. The van der Waals surface area contributed by atoms with Crippen molar-refractivity contribution in [2.45, 2.75) is 6.92 Å².